The Bertz CT molecular complexity index is 962. The van der Waals surface area contributed by atoms with Crippen molar-refractivity contribution in [3.63, 3.8) is 0 Å². The van der Waals surface area contributed by atoms with Gasteiger partial charge < -0.3 is 28.6 Å². The molecular formula is C50H95NO7. The van der Waals surface area contributed by atoms with E-state index in [2.05, 4.69) is 26.0 Å². The van der Waals surface area contributed by atoms with Crippen LogP contribution in [0.1, 0.15) is 239 Å². The molecule has 58 heavy (non-hydrogen) atoms. The molecule has 342 valence electrons. The highest BCUT2D eigenvalue weighted by atomic mass is 16.6. The lowest BCUT2D eigenvalue weighted by atomic mass is 10.0. The molecule has 8 heteroatoms. The van der Waals surface area contributed by atoms with Crippen LogP contribution in [-0.2, 0) is 28.6 Å². The molecule has 0 amide bonds. The van der Waals surface area contributed by atoms with E-state index in [9.17, 15) is 19.5 Å². The Morgan fingerprint density at radius 1 is 0.500 bits per heavy atom. The molecule has 0 saturated heterocycles. The number of likely N-dealkylation sites (N-methyl/N-ethyl adjacent to an activating group) is 1. The number of carbonyl (C=O) groups excluding carboxylic acids is 3. The van der Waals surface area contributed by atoms with Gasteiger partial charge >= 0.3 is 11.9 Å². The number of nitrogens with zero attached hydrogens (tertiary/aromatic N) is 1. The first kappa shape index (κ1) is 56.1. The summed E-state index contributed by atoms with van der Waals surface area (Å²) in [6.45, 7) is 4.68. The predicted molar refractivity (Wildman–Crippen MR) is 241 cm³/mol. The topological polar surface area (TPSA) is 102 Å². The van der Waals surface area contributed by atoms with E-state index in [1.165, 1.54) is 154 Å². The van der Waals surface area contributed by atoms with E-state index < -0.39 is 18.1 Å². The Morgan fingerprint density at radius 3 is 1.26 bits per heavy atom. The molecule has 0 aromatic heterocycles. The fourth-order valence-electron chi connectivity index (χ4n) is 7.54. The molecule has 2 atom stereocenters. The van der Waals surface area contributed by atoms with Crippen molar-refractivity contribution in [1.82, 2.24) is 0 Å². The summed E-state index contributed by atoms with van der Waals surface area (Å²) < 4.78 is 17.2. The van der Waals surface area contributed by atoms with Gasteiger partial charge in [0, 0.05) is 19.3 Å². The van der Waals surface area contributed by atoms with Gasteiger partial charge in [-0.3, -0.25) is 9.59 Å². The highest BCUT2D eigenvalue weighted by Gasteiger charge is 2.25. The Labute approximate surface area is 359 Å². The Balaban J connectivity index is 4.19. The molecule has 0 aliphatic carbocycles. The molecule has 2 unspecified atom stereocenters. The van der Waals surface area contributed by atoms with Crippen LogP contribution >= 0.6 is 0 Å². The second-order valence-electron chi connectivity index (χ2n) is 18.1. The first-order chi connectivity index (χ1) is 28.1. The van der Waals surface area contributed by atoms with E-state index in [0.717, 1.165) is 51.4 Å². The second kappa shape index (κ2) is 41.8. The van der Waals surface area contributed by atoms with E-state index in [1.807, 2.05) is 0 Å². The minimum Gasteiger partial charge on any atom is -0.544 e. The van der Waals surface area contributed by atoms with Crippen molar-refractivity contribution in [2.45, 2.75) is 251 Å². The number of ether oxygens (including phenoxy) is 3. The van der Waals surface area contributed by atoms with Crippen molar-refractivity contribution in [3.8, 4) is 0 Å². The number of hydrogen-bond donors (Lipinski definition) is 0. The molecule has 0 saturated carbocycles. The molecule has 0 fully saturated rings. The molecular weight excluding hydrogens is 727 g/mol. The van der Waals surface area contributed by atoms with Gasteiger partial charge in [0.05, 0.1) is 40.3 Å². The number of esters is 2. The van der Waals surface area contributed by atoms with Crippen LogP contribution in [0, 0.1) is 0 Å². The van der Waals surface area contributed by atoms with Crippen molar-refractivity contribution >= 4 is 17.9 Å². The van der Waals surface area contributed by atoms with Crippen LogP contribution < -0.4 is 5.11 Å². The quantitative estimate of drug-likeness (QED) is 0.0261. The number of unbranched alkanes of at least 4 members (excludes halogenated alkanes) is 29. The largest absolute Gasteiger partial charge is 0.544 e. The number of hydrogen-bond acceptors (Lipinski definition) is 7. The number of carboxylic acids is 1. The fourth-order valence-corrected chi connectivity index (χ4v) is 7.54. The number of allylic oxidation sites excluding steroid dienone is 2. The van der Waals surface area contributed by atoms with Crippen molar-refractivity contribution < 1.29 is 38.2 Å². The van der Waals surface area contributed by atoms with Crippen LogP contribution in [0.25, 0.3) is 0 Å². The maximum atomic E-state index is 12.7. The number of aliphatic carboxylic acids is 1. The zero-order valence-electron chi connectivity index (χ0n) is 39.0. The minimum atomic E-state index is -1.12. The van der Waals surface area contributed by atoms with Crippen molar-refractivity contribution in [1.29, 1.82) is 0 Å². The van der Waals surface area contributed by atoms with Gasteiger partial charge in [-0.15, -0.1) is 0 Å². The predicted octanol–water partition coefficient (Wildman–Crippen LogP) is 12.5. The second-order valence-corrected chi connectivity index (χ2v) is 18.1. The SMILES string of the molecule is CCCCCCCC/C=C/CCCCCC(=O)OC(COCCC(C(=O)[O-])[N+](C)(C)C)COC(=O)CCCCCCCCCCCCCCCCCCCCCCC. The van der Waals surface area contributed by atoms with Gasteiger partial charge in [0.25, 0.3) is 0 Å². The lowest BCUT2D eigenvalue weighted by Gasteiger charge is -2.34. The van der Waals surface area contributed by atoms with Crippen LogP contribution in [0.2, 0.25) is 0 Å². The Morgan fingerprint density at radius 2 is 0.862 bits per heavy atom. The summed E-state index contributed by atoms with van der Waals surface area (Å²) in [6, 6.07) is -0.724. The van der Waals surface area contributed by atoms with Crippen molar-refractivity contribution in [2.75, 3.05) is 41.0 Å². The molecule has 0 rings (SSSR count). The average Bonchev–Trinajstić information content (AvgIpc) is 3.18. The first-order valence-electron chi connectivity index (χ1n) is 24.7. The van der Waals surface area contributed by atoms with E-state index in [1.54, 1.807) is 21.1 Å². The molecule has 0 aliphatic heterocycles. The summed E-state index contributed by atoms with van der Waals surface area (Å²) in [7, 11) is 5.41. The van der Waals surface area contributed by atoms with Gasteiger partial charge in [-0.2, -0.15) is 0 Å². The lowest BCUT2D eigenvalue weighted by Crippen LogP contribution is -2.55. The molecule has 0 aliphatic rings. The van der Waals surface area contributed by atoms with Gasteiger partial charge in [-0.25, -0.2) is 0 Å². The Hall–Kier alpha value is -1.93. The first-order valence-corrected chi connectivity index (χ1v) is 24.7. The monoisotopic (exact) mass is 822 g/mol. The number of carbonyl (C=O) groups is 3. The van der Waals surface area contributed by atoms with Gasteiger partial charge in [-0.1, -0.05) is 193 Å². The maximum Gasteiger partial charge on any atom is 0.306 e. The van der Waals surface area contributed by atoms with Crippen LogP contribution in [0.4, 0.5) is 0 Å². The minimum absolute atomic E-state index is 0.0404. The number of rotatable bonds is 45. The highest BCUT2D eigenvalue weighted by molar-refractivity contribution is 5.70. The molecule has 0 aromatic rings. The zero-order chi connectivity index (χ0) is 42.8. The van der Waals surface area contributed by atoms with E-state index in [0.29, 0.717) is 12.8 Å². The van der Waals surface area contributed by atoms with Crippen molar-refractivity contribution in [3.05, 3.63) is 12.2 Å². The van der Waals surface area contributed by atoms with Gasteiger partial charge in [0.15, 0.2) is 6.10 Å². The van der Waals surface area contributed by atoms with E-state index >= 15 is 0 Å². The standard InChI is InChI=1S/C50H95NO7/c1-6-8-10-12-14-16-18-20-21-22-23-24-25-26-27-29-30-32-34-36-38-40-48(52)57-45-46(44-56-43-42-47(50(54)55)51(3,4)5)58-49(53)41-39-37-35-33-31-28-19-17-15-13-11-9-7-2/h28,31,46-47H,6-27,29-30,32-45H2,1-5H3/b31-28+. The van der Waals surface area contributed by atoms with Crippen LogP contribution in [0.15, 0.2) is 12.2 Å². The van der Waals surface area contributed by atoms with E-state index in [-0.39, 0.29) is 42.7 Å². The summed E-state index contributed by atoms with van der Waals surface area (Å²) in [5.74, 6) is -1.74. The average molecular weight is 822 g/mol. The fraction of sp³-hybridized carbons (Fsp3) is 0.900. The summed E-state index contributed by atoms with van der Waals surface area (Å²) in [4.78, 5) is 36.9. The maximum absolute atomic E-state index is 12.7. The summed E-state index contributed by atoms with van der Waals surface area (Å²) in [5, 5.41) is 11.6. The number of carboxylic acid groups (broad SMARTS) is 1. The molecule has 0 N–H and O–H groups in total. The summed E-state index contributed by atoms with van der Waals surface area (Å²) in [6.07, 6.45) is 45.3. The zero-order valence-corrected chi connectivity index (χ0v) is 39.0. The molecule has 0 heterocycles. The van der Waals surface area contributed by atoms with Crippen molar-refractivity contribution in [2.24, 2.45) is 0 Å². The summed E-state index contributed by atoms with van der Waals surface area (Å²) >= 11 is 0. The van der Waals surface area contributed by atoms with Crippen LogP contribution in [0.5, 0.6) is 0 Å². The third-order valence-electron chi connectivity index (χ3n) is 11.4. The smallest absolute Gasteiger partial charge is 0.306 e. The summed E-state index contributed by atoms with van der Waals surface area (Å²) in [5.41, 5.74) is 0. The third kappa shape index (κ3) is 39.5. The molecule has 0 bridgehead atoms. The molecule has 0 spiro atoms. The normalized spacial score (nSPS) is 12.9. The highest BCUT2D eigenvalue weighted by Crippen LogP contribution is 2.16. The van der Waals surface area contributed by atoms with Gasteiger partial charge in [0.2, 0.25) is 0 Å². The third-order valence-corrected chi connectivity index (χ3v) is 11.4. The Kier molecular flexibility index (Phi) is 40.4. The van der Waals surface area contributed by atoms with E-state index in [4.69, 9.17) is 14.2 Å². The van der Waals surface area contributed by atoms with Gasteiger partial charge in [0.1, 0.15) is 12.6 Å². The van der Waals surface area contributed by atoms with Crippen LogP contribution in [0.3, 0.4) is 0 Å². The van der Waals surface area contributed by atoms with Gasteiger partial charge in [-0.05, 0) is 38.5 Å². The molecule has 8 nitrogen and oxygen atoms in total. The van der Waals surface area contributed by atoms with Crippen LogP contribution in [-0.4, -0.2) is 75.5 Å². The molecule has 0 aromatic carbocycles. The lowest BCUT2D eigenvalue weighted by molar-refractivity contribution is -0.889. The number of quaternary nitrogens is 1. The molecule has 0 radical (unpaired) electrons.